The van der Waals surface area contributed by atoms with E-state index in [1.165, 1.54) is 0 Å². The molecular weight excluding hydrogens is 232 g/mol. The second kappa shape index (κ2) is 7.17. The number of hydrogen-bond acceptors (Lipinski definition) is 3. The van der Waals surface area contributed by atoms with Gasteiger partial charge in [0.05, 0.1) is 0 Å². The summed E-state index contributed by atoms with van der Waals surface area (Å²) in [5.74, 6) is 2.60. The lowest BCUT2D eigenvalue weighted by molar-refractivity contribution is -0.0570. The minimum atomic E-state index is -1.67. The molecule has 100 valence electrons. The Morgan fingerprint density at radius 2 is 1.88 bits per heavy atom. The van der Waals surface area contributed by atoms with E-state index >= 15 is 0 Å². The zero-order valence-electron chi connectivity index (χ0n) is 12.0. The Hall–Kier alpha value is -0.343. The van der Waals surface area contributed by atoms with Gasteiger partial charge in [0.2, 0.25) is 0 Å². The summed E-state index contributed by atoms with van der Waals surface area (Å²) < 4.78 is 16.2. The van der Waals surface area contributed by atoms with Gasteiger partial charge in [0.25, 0.3) is 0 Å². The van der Waals surface area contributed by atoms with Crippen molar-refractivity contribution in [2.75, 3.05) is 20.5 Å². The molecule has 17 heavy (non-hydrogen) atoms. The standard InChI is InChI=1S/C13H26O3Si/c1-8-12(15-11-14-5)9-10-16-17(6,7)13(2,3)4/h1,12H,9-11H2,2-7H3/t12-/m0/s1. The molecule has 0 radical (unpaired) electrons. The summed E-state index contributed by atoms with van der Waals surface area (Å²) in [6.45, 7) is 12.0. The molecule has 0 heterocycles. The van der Waals surface area contributed by atoms with Gasteiger partial charge in [-0.15, -0.1) is 6.42 Å². The molecule has 4 heteroatoms. The molecule has 1 atom stereocenters. The zero-order valence-corrected chi connectivity index (χ0v) is 13.0. The van der Waals surface area contributed by atoms with Crippen LogP contribution in [0.2, 0.25) is 18.1 Å². The number of ether oxygens (including phenoxy) is 2. The van der Waals surface area contributed by atoms with E-state index in [-0.39, 0.29) is 17.9 Å². The first-order valence-electron chi connectivity index (χ1n) is 5.95. The van der Waals surface area contributed by atoms with Gasteiger partial charge in [-0.05, 0) is 18.1 Å². The van der Waals surface area contributed by atoms with Crippen LogP contribution in [-0.2, 0) is 13.9 Å². The van der Waals surface area contributed by atoms with Crippen molar-refractivity contribution in [1.29, 1.82) is 0 Å². The van der Waals surface area contributed by atoms with Crippen LogP contribution in [0.4, 0.5) is 0 Å². The van der Waals surface area contributed by atoms with Crippen LogP contribution in [-0.4, -0.2) is 34.9 Å². The van der Waals surface area contributed by atoms with Gasteiger partial charge < -0.3 is 13.9 Å². The predicted octanol–water partition coefficient (Wildman–Crippen LogP) is 3.02. The average Bonchev–Trinajstić information content (AvgIpc) is 2.21. The van der Waals surface area contributed by atoms with Crippen LogP contribution in [0.15, 0.2) is 0 Å². The molecule has 0 aliphatic heterocycles. The van der Waals surface area contributed by atoms with Crippen molar-refractivity contribution >= 4 is 8.32 Å². The van der Waals surface area contributed by atoms with Crippen molar-refractivity contribution < 1.29 is 13.9 Å². The Kier molecular flexibility index (Phi) is 7.03. The maximum atomic E-state index is 6.03. The van der Waals surface area contributed by atoms with E-state index in [1.807, 2.05) is 0 Å². The van der Waals surface area contributed by atoms with E-state index in [0.29, 0.717) is 13.0 Å². The number of methoxy groups -OCH3 is 1. The topological polar surface area (TPSA) is 27.7 Å². The van der Waals surface area contributed by atoms with Gasteiger partial charge in [-0.25, -0.2) is 0 Å². The van der Waals surface area contributed by atoms with E-state index in [9.17, 15) is 0 Å². The summed E-state index contributed by atoms with van der Waals surface area (Å²) in [4.78, 5) is 0. The van der Waals surface area contributed by atoms with E-state index < -0.39 is 8.32 Å². The molecule has 0 unspecified atom stereocenters. The highest BCUT2D eigenvalue weighted by Gasteiger charge is 2.36. The normalized spacial score (nSPS) is 14.4. The van der Waals surface area contributed by atoms with Crippen LogP contribution in [0.25, 0.3) is 0 Å². The van der Waals surface area contributed by atoms with Gasteiger partial charge in [-0.1, -0.05) is 26.7 Å². The molecule has 0 N–H and O–H groups in total. The summed E-state index contributed by atoms with van der Waals surface area (Å²) in [6, 6.07) is 0. The minimum absolute atomic E-state index is 0.222. The number of terminal acetylenes is 1. The second-order valence-corrected chi connectivity index (χ2v) is 10.4. The summed E-state index contributed by atoms with van der Waals surface area (Å²) in [5, 5.41) is 0.228. The Bertz CT molecular complexity index is 250. The van der Waals surface area contributed by atoms with Gasteiger partial charge in [-0.3, -0.25) is 0 Å². The molecule has 0 aromatic rings. The van der Waals surface area contributed by atoms with Gasteiger partial charge in [0.1, 0.15) is 12.9 Å². The van der Waals surface area contributed by atoms with Gasteiger partial charge >= 0.3 is 0 Å². The monoisotopic (exact) mass is 258 g/mol. The average molecular weight is 258 g/mol. The first-order valence-corrected chi connectivity index (χ1v) is 8.86. The van der Waals surface area contributed by atoms with E-state index in [1.54, 1.807) is 7.11 Å². The predicted molar refractivity (Wildman–Crippen MR) is 73.3 cm³/mol. The zero-order chi connectivity index (χ0) is 13.5. The van der Waals surface area contributed by atoms with E-state index in [4.69, 9.17) is 20.3 Å². The lowest BCUT2D eigenvalue weighted by Crippen LogP contribution is -2.41. The summed E-state index contributed by atoms with van der Waals surface area (Å²) >= 11 is 0. The summed E-state index contributed by atoms with van der Waals surface area (Å²) in [6.07, 6.45) is 5.87. The van der Waals surface area contributed by atoms with Crippen molar-refractivity contribution in [1.82, 2.24) is 0 Å². The largest absolute Gasteiger partial charge is 0.417 e. The van der Waals surface area contributed by atoms with Crippen LogP contribution >= 0.6 is 0 Å². The van der Waals surface area contributed by atoms with E-state index in [0.717, 1.165) is 0 Å². The van der Waals surface area contributed by atoms with Crippen molar-refractivity contribution in [2.45, 2.75) is 51.4 Å². The third kappa shape index (κ3) is 6.23. The third-order valence-electron chi connectivity index (χ3n) is 3.22. The fourth-order valence-electron chi connectivity index (χ4n) is 1.00. The third-order valence-corrected chi connectivity index (χ3v) is 7.76. The summed E-state index contributed by atoms with van der Waals surface area (Å²) in [5.41, 5.74) is 0. The van der Waals surface area contributed by atoms with Crippen LogP contribution in [0.1, 0.15) is 27.2 Å². The van der Waals surface area contributed by atoms with Crippen LogP contribution in [0.3, 0.4) is 0 Å². The number of hydrogen-bond donors (Lipinski definition) is 0. The Balaban J connectivity index is 4.01. The highest BCUT2D eigenvalue weighted by molar-refractivity contribution is 6.74. The van der Waals surface area contributed by atoms with Crippen molar-refractivity contribution in [2.24, 2.45) is 0 Å². The smallest absolute Gasteiger partial charge is 0.191 e. The fourth-order valence-corrected chi connectivity index (χ4v) is 2.06. The van der Waals surface area contributed by atoms with Crippen molar-refractivity contribution in [3.05, 3.63) is 0 Å². The lowest BCUT2D eigenvalue weighted by Gasteiger charge is -2.36. The second-order valence-electron chi connectivity index (χ2n) is 5.63. The van der Waals surface area contributed by atoms with Gasteiger partial charge in [-0.2, -0.15) is 0 Å². The molecular formula is C13H26O3Si. The quantitative estimate of drug-likeness (QED) is 0.399. The molecule has 0 saturated heterocycles. The Morgan fingerprint density at radius 3 is 2.29 bits per heavy atom. The molecule has 0 rings (SSSR count). The molecule has 0 spiro atoms. The molecule has 0 saturated carbocycles. The van der Waals surface area contributed by atoms with Crippen LogP contribution < -0.4 is 0 Å². The maximum absolute atomic E-state index is 6.03. The minimum Gasteiger partial charge on any atom is -0.417 e. The fraction of sp³-hybridized carbons (Fsp3) is 0.846. The van der Waals surface area contributed by atoms with Crippen LogP contribution in [0.5, 0.6) is 0 Å². The van der Waals surface area contributed by atoms with E-state index in [2.05, 4.69) is 39.8 Å². The molecule has 0 aliphatic rings. The molecule has 0 aromatic carbocycles. The maximum Gasteiger partial charge on any atom is 0.191 e. The molecule has 0 aliphatic carbocycles. The Labute approximate surface area is 107 Å². The summed E-state index contributed by atoms with van der Waals surface area (Å²) in [7, 11) is -0.0881. The van der Waals surface area contributed by atoms with Crippen molar-refractivity contribution in [3.63, 3.8) is 0 Å². The molecule has 0 bridgehead atoms. The van der Waals surface area contributed by atoms with Gasteiger partial charge in [0.15, 0.2) is 8.32 Å². The molecule has 3 nitrogen and oxygen atoms in total. The molecule has 0 amide bonds. The first kappa shape index (κ1) is 16.7. The number of rotatable bonds is 7. The molecule has 0 aromatic heterocycles. The van der Waals surface area contributed by atoms with Crippen LogP contribution in [0, 0.1) is 12.3 Å². The Morgan fingerprint density at radius 1 is 1.29 bits per heavy atom. The lowest BCUT2D eigenvalue weighted by atomic mass is 10.2. The molecule has 0 fully saturated rings. The van der Waals surface area contributed by atoms with Crippen molar-refractivity contribution in [3.8, 4) is 12.3 Å². The SMILES string of the molecule is C#C[C@@H](CCO[Si](C)(C)C(C)(C)C)OCOC. The first-order chi connectivity index (χ1) is 7.74. The highest BCUT2D eigenvalue weighted by Crippen LogP contribution is 2.36. The van der Waals surface area contributed by atoms with Gasteiger partial charge in [0, 0.05) is 20.1 Å². The highest BCUT2D eigenvalue weighted by atomic mass is 28.4.